The minimum atomic E-state index is 0.471. The second-order valence-corrected chi connectivity index (χ2v) is 8.18. The monoisotopic (exact) mass is 492 g/mol. The Morgan fingerprint density at radius 1 is 1.03 bits per heavy atom. The summed E-state index contributed by atoms with van der Waals surface area (Å²) in [5.41, 5.74) is 1.69. The van der Waals surface area contributed by atoms with Crippen molar-refractivity contribution in [3.8, 4) is 17.2 Å². The highest BCUT2D eigenvalue weighted by Crippen LogP contribution is 2.37. The third-order valence-corrected chi connectivity index (χ3v) is 6.02. The van der Waals surface area contributed by atoms with Crippen LogP contribution in [0.2, 0.25) is 10.0 Å². The van der Waals surface area contributed by atoms with E-state index in [0.29, 0.717) is 44.0 Å². The second kappa shape index (κ2) is 9.68. The summed E-state index contributed by atoms with van der Waals surface area (Å²) in [5.74, 6) is 2.64. The lowest BCUT2D eigenvalue weighted by molar-refractivity contribution is 0.324. The van der Waals surface area contributed by atoms with E-state index >= 15 is 0 Å². The van der Waals surface area contributed by atoms with Crippen molar-refractivity contribution in [2.24, 2.45) is 5.10 Å². The van der Waals surface area contributed by atoms with Gasteiger partial charge in [-0.05, 0) is 29.8 Å². The van der Waals surface area contributed by atoms with Crippen LogP contribution in [0.4, 0.5) is 0 Å². The van der Waals surface area contributed by atoms with E-state index in [1.54, 1.807) is 62.7 Å². The van der Waals surface area contributed by atoms with Crippen LogP contribution in [-0.2, 0) is 5.75 Å². The van der Waals surface area contributed by atoms with Crippen molar-refractivity contribution >= 4 is 47.0 Å². The van der Waals surface area contributed by atoms with Gasteiger partial charge in [-0.3, -0.25) is 0 Å². The molecule has 0 saturated carbocycles. The van der Waals surface area contributed by atoms with Gasteiger partial charge >= 0.3 is 0 Å². The van der Waals surface area contributed by atoms with Crippen LogP contribution in [0.15, 0.2) is 46.9 Å². The van der Waals surface area contributed by atoms with E-state index in [0.717, 1.165) is 11.1 Å². The molecule has 0 unspecified atom stereocenters. The standard InChI is InChI=1S/C20H18Cl2N6O3S/c1-29-16-6-12(7-17(30-2)18(16)31-3)9-23-27-11-24-28-19(27)25-26-20(28)32-10-13-4-5-14(21)8-15(13)22/h4-9,11H,10H2,1-3H3/b23-9-. The lowest BCUT2D eigenvalue weighted by Crippen LogP contribution is -1.97. The molecule has 2 aromatic carbocycles. The van der Waals surface area contributed by atoms with E-state index in [-0.39, 0.29) is 0 Å². The molecule has 4 rings (SSSR count). The van der Waals surface area contributed by atoms with Gasteiger partial charge in [-0.25, -0.2) is 0 Å². The highest BCUT2D eigenvalue weighted by Gasteiger charge is 2.14. The molecule has 0 radical (unpaired) electrons. The molecular formula is C20H18Cl2N6O3S. The molecule has 12 heteroatoms. The van der Waals surface area contributed by atoms with E-state index < -0.39 is 0 Å². The smallest absolute Gasteiger partial charge is 0.275 e. The van der Waals surface area contributed by atoms with Crippen LogP contribution in [-0.4, -0.2) is 52.0 Å². The Labute approximate surface area is 197 Å². The molecular weight excluding hydrogens is 475 g/mol. The average Bonchev–Trinajstić information content (AvgIpc) is 3.38. The first-order valence-corrected chi connectivity index (χ1v) is 11.0. The fourth-order valence-electron chi connectivity index (χ4n) is 2.91. The van der Waals surface area contributed by atoms with Crippen molar-refractivity contribution in [1.82, 2.24) is 24.5 Å². The summed E-state index contributed by atoms with van der Waals surface area (Å²) in [6, 6.07) is 8.98. The summed E-state index contributed by atoms with van der Waals surface area (Å²) in [5, 5.41) is 19.0. The number of hydrogen-bond acceptors (Lipinski definition) is 8. The number of fused-ring (bicyclic) bond motifs is 1. The first kappa shape index (κ1) is 22.3. The SMILES string of the molecule is COc1cc(/C=N\n2cnn3c(SCc4ccc(Cl)cc4Cl)nnc23)cc(OC)c1OC. The van der Waals surface area contributed by atoms with Gasteiger partial charge in [0.25, 0.3) is 5.78 Å². The highest BCUT2D eigenvalue weighted by molar-refractivity contribution is 7.98. The molecule has 0 amide bonds. The average molecular weight is 493 g/mol. The molecule has 2 aromatic heterocycles. The maximum absolute atomic E-state index is 6.25. The maximum atomic E-state index is 6.25. The van der Waals surface area contributed by atoms with Gasteiger partial charge in [0, 0.05) is 21.4 Å². The zero-order valence-electron chi connectivity index (χ0n) is 17.3. The number of thioether (sulfide) groups is 1. The Kier molecular flexibility index (Phi) is 6.73. The normalized spacial score (nSPS) is 11.4. The minimum Gasteiger partial charge on any atom is -0.493 e. The van der Waals surface area contributed by atoms with Gasteiger partial charge in [0.2, 0.25) is 10.9 Å². The van der Waals surface area contributed by atoms with Crippen molar-refractivity contribution in [2.75, 3.05) is 21.3 Å². The molecule has 166 valence electrons. The van der Waals surface area contributed by atoms with Crippen molar-refractivity contribution < 1.29 is 14.2 Å². The predicted molar refractivity (Wildman–Crippen MR) is 124 cm³/mol. The van der Waals surface area contributed by atoms with Crippen LogP contribution >= 0.6 is 35.0 Å². The Bertz CT molecular complexity index is 1260. The molecule has 0 spiro atoms. The zero-order valence-corrected chi connectivity index (χ0v) is 19.6. The zero-order chi connectivity index (χ0) is 22.7. The van der Waals surface area contributed by atoms with E-state index in [2.05, 4.69) is 20.4 Å². The molecule has 9 nitrogen and oxygen atoms in total. The number of methoxy groups -OCH3 is 3. The van der Waals surface area contributed by atoms with E-state index in [1.165, 1.54) is 16.4 Å². The molecule has 0 aliphatic heterocycles. The van der Waals surface area contributed by atoms with Crippen molar-refractivity contribution in [1.29, 1.82) is 0 Å². The molecule has 0 fully saturated rings. The van der Waals surface area contributed by atoms with Crippen molar-refractivity contribution in [2.45, 2.75) is 10.9 Å². The summed E-state index contributed by atoms with van der Waals surface area (Å²) in [6.45, 7) is 0. The predicted octanol–water partition coefficient (Wildman–Crippen LogP) is 4.43. The summed E-state index contributed by atoms with van der Waals surface area (Å²) in [6.07, 6.45) is 3.19. The lowest BCUT2D eigenvalue weighted by Gasteiger charge is -2.12. The largest absolute Gasteiger partial charge is 0.493 e. The molecule has 4 aromatic rings. The topological polar surface area (TPSA) is 88.1 Å². The lowest BCUT2D eigenvalue weighted by atomic mass is 10.2. The van der Waals surface area contributed by atoms with Crippen molar-refractivity contribution in [3.05, 3.63) is 57.8 Å². The Balaban J connectivity index is 1.55. The van der Waals surface area contributed by atoms with E-state index in [1.807, 2.05) is 6.07 Å². The molecule has 32 heavy (non-hydrogen) atoms. The van der Waals surface area contributed by atoms with Gasteiger partial charge < -0.3 is 14.2 Å². The van der Waals surface area contributed by atoms with Crippen LogP contribution in [0, 0.1) is 0 Å². The first-order valence-electron chi connectivity index (χ1n) is 9.24. The number of ether oxygens (including phenoxy) is 3. The molecule has 0 N–H and O–H groups in total. The molecule has 0 aliphatic rings. The van der Waals surface area contributed by atoms with Gasteiger partial charge in [0.1, 0.15) is 6.33 Å². The van der Waals surface area contributed by atoms with Gasteiger partial charge in [-0.15, -0.1) is 10.2 Å². The molecule has 0 atom stereocenters. The third kappa shape index (κ3) is 4.47. The van der Waals surface area contributed by atoms with Gasteiger partial charge in [0.05, 0.1) is 27.5 Å². The van der Waals surface area contributed by atoms with Crippen LogP contribution in [0.5, 0.6) is 17.2 Å². The van der Waals surface area contributed by atoms with Gasteiger partial charge in [0.15, 0.2) is 11.5 Å². The van der Waals surface area contributed by atoms with E-state index in [9.17, 15) is 0 Å². The quantitative estimate of drug-likeness (QED) is 0.265. The molecule has 0 bridgehead atoms. The van der Waals surface area contributed by atoms with Crippen molar-refractivity contribution in [3.63, 3.8) is 0 Å². The Morgan fingerprint density at radius 2 is 1.78 bits per heavy atom. The number of rotatable bonds is 8. The van der Waals surface area contributed by atoms with Gasteiger partial charge in [-0.2, -0.15) is 19.4 Å². The number of nitrogens with zero attached hydrogens (tertiary/aromatic N) is 6. The number of hydrogen-bond donors (Lipinski definition) is 0. The number of halogens is 2. The fraction of sp³-hybridized carbons (Fsp3) is 0.200. The third-order valence-electron chi connectivity index (χ3n) is 4.47. The second-order valence-electron chi connectivity index (χ2n) is 6.40. The van der Waals surface area contributed by atoms with Gasteiger partial charge in [-0.1, -0.05) is 41.0 Å². The Morgan fingerprint density at radius 3 is 2.44 bits per heavy atom. The molecule has 0 saturated heterocycles. The van der Waals surface area contributed by atoms with Crippen LogP contribution in [0.1, 0.15) is 11.1 Å². The van der Waals surface area contributed by atoms with E-state index in [4.69, 9.17) is 37.4 Å². The maximum Gasteiger partial charge on any atom is 0.275 e. The summed E-state index contributed by atoms with van der Waals surface area (Å²) in [7, 11) is 4.67. The number of benzene rings is 2. The summed E-state index contributed by atoms with van der Waals surface area (Å²) >= 11 is 13.7. The summed E-state index contributed by atoms with van der Waals surface area (Å²) < 4.78 is 19.2. The molecule has 0 aliphatic carbocycles. The molecule has 2 heterocycles. The summed E-state index contributed by atoms with van der Waals surface area (Å²) in [4.78, 5) is 0. The minimum absolute atomic E-state index is 0.471. The van der Waals surface area contributed by atoms with Crippen LogP contribution < -0.4 is 14.2 Å². The van der Waals surface area contributed by atoms with Crippen LogP contribution in [0.25, 0.3) is 5.78 Å². The fourth-order valence-corrected chi connectivity index (χ4v) is 4.35. The first-order chi connectivity index (χ1) is 15.5. The Hall–Kier alpha value is -2.95. The van der Waals surface area contributed by atoms with Crippen LogP contribution in [0.3, 0.4) is 0 Å². The highest BCUT2D eigenvalue weighted by atomic mass is 35.5. The number of aromatic nitrogens is 5.